The maximum Gasteiger partial charge on any atom is 0.163 e. The third kappa shape index (κ3) is 1.31. The number of carbonyl (C=O) groups is 1. The standard InChI is InChI=1S/C12H14O2/c1-7-4-5-10(9(3)13)12-11(7)6-8(2)14-12/h4-5,8H,6H2,1-3H3/t8-/m0/s1. The van der Waals surface area contributed by atoms with Crippen LogP contribution in [0.5, 0.6) is 5.75 Å². The minimum absolute atomic E-state index is 0.0790. The molecule has 0 unspecified atom stereocenters. The molecule has 0 N–H and O–H groups in total. The fourth-order valence-electron chi connectivity index (χ4n) is 1.92. The van der Waals surface area contributed by atoms with Crippen molar-refractivity contribution in [3.05, 3.63) is 28.8 Å². The van der Waals surface area contributed by atoms with E-state index in [4.69, 9.17) is 4.74 Å². The van der Waals surface area contributed by atoms with Gasteiger partial charge in [0, 0.05) is 12.0 Å². The molecule has 0 fully saturated rings. The van der Waals surface area contributed by atoms with Gasteiger partial charge in [0.15, 0.2) is 5.78 Å². The van der Waals surface area contributed by atoms with Crippen molar-refractivity contribution in [3.8, 4) is 5.75 Å². The van der Waals surface area contributed by atoms with E-state index in [2.05, 4.69) is 6.92 Å². The summed E-state index contributed by atoms with van der Waals surface area (Å²) in [5.41, 5.74) is 3.13. The molecule has 0 amide bonds. The minimum atomic E-state index is 0.0790. The van der Waals surface area contributed by atoms with E-state index in [1.165, 1.54) is 11.1 Å². The number of benzene rings is 1. The number of hydrogen-bond donors (Lipinski definition) is 0. The van der Waals surface area contributed by atoms with Gasteiger partial charge in [0.25, 0.3) is 0 Å². The molecule has 1 aromatic rings. The summed E-state index contributed by atoms with van der Waals surface area (Å²) in [6, 6.07) is 3.85. The average Bonchev–Trinajstić information content (AvgIpc) is 2.47. The lowest BCUT2D eigenvalue weighted by molar-refractivity contribution is 0.101. The summed E-state index contributed by atoms with van der Waals surface area (Å²) in [5, 5.41) is 0. The number of ether oxygens (including phenoxy) is 1. The Labute approximate surface area is 83.9 Å². The van der Waals surface area contributed by atoms with Gasteiger partial charge in [-0.3, -0.25) is 4.79 Å². The largest absolute Gasteiger partial charge is 0.489 e. The van der Waals surface area contributed by atoms with Crippen LogP contribution in [0.2, 0.25) is 0 Å². The van der Waals surface area contributed by atoms with Crippen molar-refractivity contribution in [2.24, 2.45) is 0 Å². The van der Waals surface area contributed by atoms with Crippen molar-refractivity contribution in [2.45, 2.75) is 33.3 Å². The average molecular weight is 190 g/mol. The zero-order chi connectivity index (χ0) is 10.3. The van der Waals surface area contributed by atoms with Gasteiger partial charge in [-0.2, -0.15) is 0 Å². The molecule has 1 aromatic carbocycles. The topological polar surface area (TPSA) is 26.3 Å². The Morgan fingerprint density at radius 1 is 1.50 bits per heavy atom. The molecular formula is C12H14O2. The first-order valence-electron chi connectivity index (χ1n) is 4.89. The van der Waals surface area contributed by atoms with Crippen LogP contribution in [0.3, 0.4) is 0 Å². The smallest absolute Gasteiger partial charge is 0.163 e. The quantitative estimate of drug-likeness (QED) is 0.636. The highest BCUT2D eigenvalue weighted by Gasteiger charge is 2.24. The molecule has 0 saturated heterocycles. The lowest BCUT2D eigenvalue weighted by Gasteiger charge is -2.07. The maximum absolute atomic E-state index is 11.3. The van der Waals surface area contributed by atoms with E-state index in [1.54, 1.807) is 6.92 Å². The lowest BCUT2D eigenvalue weighted by atomic mass is 9.99. The fraction of sp³-hybridized carbons (Fsp3) is 0.417. The Hall–Kier alpha value is -1.31. The number of hydrogen-bond acceptors (Lipinski definition) is 2. The van der Waals surface area contributed by atoms with Crippen molar-refractivity contribution >= 4 is 5.78 Å². The van der Waals surface area contributed by atoms with Crippen LogP contribution in [-0.2, 0) is 6.42 Å². The molecule has 2 rings (SSSR count). The molecule has 1 aliphatic heterocycles. The van der Waals surface area contributed by atoms with Crippen LogP contribution in [0.15, 0.2) is 12.1 Å². The SMILES string of the molecule is CC(=O)c1ccc(C)c2c1O[C@@H](C)C2. The molecule has 74 valence electrons. The molecule has 0 radical (unpaired) electrons. The predicted octanol–water partition coefficient (Wildman–Crippen LogP) is 2.52. The van der Waals surface area contributed by atoms with Gasteiger partial charge in [-0.25, -0.2) is 0 Å². The molecule has 0 aromatic heterocycles. The lowest BCUT2D eigenvalue weighted by Crippen LogP contribution is -2.06. The van der Waals surface area contributed by atoms with Gasteiger partial charge in [-0.05, 0) is 32.4 Å². The monoisotopic (exact) mass is 190 g/mol. The summed E-state index contributed by atoms with van der Waals surface area (Å²) >= 11 is 0. The Balaban J connectivity index is 2.59. The highest BCUT2D eigenvalue weighted by atomic mass is 16.5. The molecule has 1 aliphatic rings. The van der Waals surface area contributed by atoms with Gasteiger partial charge in [-0.1, -0.05) is 6.07 Å². The molecule has 14 heavy (non-hydrogen) atoms. The van der Waals surface area contributed by atoms with Crippen LogP contribution in [0.4, 0.5) is 0 Å². The Bertz CT molecular complexity index is 394. The Morgan fingerprint density at radius 3 is 2.86 bits per heavy atom. The van der Waals surface area contributed by atoms with Gasteiger partial charge >= 0.3 is 0 Å². The fourth-order valence-corrected chi connectivity index (χ4v) is 1.92. The van der Waals surface area contributed by atoms with E-state index >= 15 is 0 Å². The van der Waals surface area contributed by atoms with Crippen LogP contribution < -0.4 is 4.74 Å². The van der Waals surface area contributed by atoms with E-state index in [-0.39, 0.29) is 11.9 Å². The van der Waals surface area contributed by atoms with Crippen LogP contribution in [0.1, 0.15) is 35.3 Å². The van der Waals surface area contributed by atoms with Gasteiger partial charge in [0.2, 0.25) is 0 Å². The van der Waals surface area contributed by atoms with Gasteiger partial charge in [0.1, 0.15) is 11.9 Å². The van der Waals surface area contributed by atoms with Crippen molar-refractivity contribution in [2.75, 3.05) is 0 Å². The number of ketones is 1. The summed E-state index contributed by atoms with van der Waals surface area (Å²) in [6.45, 7) is 5.67. The van der Waals surface area contributed by atoms with Crippen LogP contribution in [0.25, 0.3) is 0 Å². The van der Waals surface area contributed by atoms with E-state index in [9.17, 15) is 4.79 Å². The third-order valence-electron chi connectivity index (χ3n) is 2.68. The number of Topliss-reactive ketones (excluding diaryl/α,β-unsaturated/α-hetero) is 1. The first-order valence-corrected chi connectivity index (χ1v) is 4.89. The molecule has 1 heterocycles. The molecule has 0 bridgehead atoms. The van der Waals surface area contributed by atoms with Crippen molar-refractivity contribution in [1.82, 2.24) is 0 Å². The summed E-state index contributed by atoms with van der Waals surface area (Å²) in [6.07, 6.45) is 1.12. The van der Waals surface area contributed by atoms with E-state index in [1.807, 2.05) is 19.1 Å². The molecule has 1 atom stereocenters. The number of aryl methyl sites for hydroxylation is 1. The second-order valence-corrected chi connectivity index (χ2v) is 3.93. The first-order chi connectivity index (χ1) is 6.59. The summed E-state index contributed by atoms with van der Waals surface area (Å²) in [4.78, 5) is 11.3. The summed E-state index contributed by atoms with van der Waals surface area (Å²) < 4.78 is 5.66. The number of rotatable bonds is 1. The van der Waals surface area contributed by atoms with Gasteiger partial charge in [0.05, 0.1) is 5.56 Å². The van der Waals surface area contributed by atoms with E-state index in [0.717, 1.165) is 17.7 Å². The first kappa shape index (κ1) is 9.25. The molecular weight excluding hydrogens is 176 g/mol. The second-order valence-electron chi connectivity index (χ2n) is 3.93. The van der Waals surface area contributed by atoms with E-state index in [0.29, 0.717) is 0 Å². The molecule has 0 aliphatic carbocycles. The van der Waals surface area contributed by atoms with Crippen LogP contribution in [0, 0.1) is 6.92 Å². The molecule has 2 nitrogen and oxygen atoms in total. The Kier molecular flexibility index (Phi) is 2.06. The molecule has 0 saturated carbocycles. The highest BCUT2D eigenvalue weighted by Crippen LogP contribution is 2.34. The second kappa shape index (κ2) is 3.12. The minimum Gasteiger partial charge on any atom is -0.489 e. The summed E-state index contributed by atoms with van der Waals surface area (Å²) in [7, 11) is 0. The Morgan fingerprint density at radius 2 is 2.21 bits per heavy atom. The predicted molar refractivity (Wildman–Crippen MR) is 55.0 cm³/mol. The summed E-state index contributed by atoms with van der Waals surface area (Å²) in [5.74, 6) is 0.889. The van der Waals surface area contributed by atoms with Gasteiger partial charge < -0.3 is 4.74 Å². The van der Waals surface area contributed by atoms with Crippen molar-refractivity contribution < 1.29 is 9.53 Å². The van der Waals surface area contributed by atoms with Crippen molar-refractivity contribution in [1.29, 1.82) is 0 Å². The number of fused-ring (bicyclic) bond motifs is 1. The molecule has 0 spiro atoms. The zero-order valence-electron chi connectivity index (χ0n) is 8.76. The maximum atomic E-state index is 11.3. The number of carbonyl (C=O) groups excluding carboxylic acids is 1. The third-order valence-corrected chi connectivity index (χ3v) is 2.68. The van der Waals surface area contributed by atoms with Crippen LogP contribution in [-0.4, -0.2) is 11.9 Å². The normalized spacial score (nSPS) is 18.9. The van der Waals surface area contributed by atoms with Crippen molar-refractivity contribution in [3.63, 3.8) is 0 Å². The molecule has 2 heteroatoms. The van der Waals surface area contributed by atoms with Crippen LogP contribution >= 0.6 is 0 Å². The zero-order valence-corrected chi connectivity index (χ0v) is 8.76. The van der Waals surface area contributed by atoms with Gasteiger partial charge in [-0.15, -0.1) is 0 Å². The highest BCUT2D eigenvalue weighted by molar-refractivity contribution is 5.97. The van der Waals surface area contributed by atoms with E-state index < -0.39 is 0 Å².